The molecule has 0 saturated carbocycles. The number of nitrogens with one attached hydrogen (secondary N) is 1. The average molecular weight is 474 g/mol. The lowest BCUT2D eigenvalue weighted by Gasteiger charge is -2.28. The van der Waals surface area contributed by atoms with Crippen LogP contribution in [0.1, 0.15) is 6.92 Å². The molecular formula is C18H21F3N6O6. The monoisotopic (exact) mass is 474 g/mol. The van der Waals surface area contributed by atoms with E-state index in [2.05, 4.69) is 22.1 Å². The van der Waals surface area contributed by atoms with Gasteiger partial charge in [-0.1, -0.05) is 5.92 Å². The second kappa shape index (κ2) is 10.2. The summed E-state index contributed by atoms with van der Waals surface area (Å²) in [6, 6.07) is 0. The van der Waals surface area contributed by atoms with E-state index in [-0.39, 0.29) is 17.7 Å². The molecule has 0 spiro atoms. The maximum atomic E-state index is 12.7. The van der Waals surface area contributed by atoms with Gasteiger partial charge >= 0.3 is 23.8 Å². The molecule has 33 heavy (non-hydrogen) atoms. The molecule has 0 unspecified atom stereocenters. The number of hydrogen-bond donors (Lipinski definition) is 3. The molecule has 15 heteroatoms. The van der Waals surface area contributed by atoms with Crippen molar-refractivity contribution in [3.05, 3.63) is 20.8 Å². The summed E-state index contributed by atoms with van der Waals surface area (Å²) in [5, 5.41) is 19.5. The Hall–Kier alpha value is -3.80. The Labute approximate surface area is 183 Å². The topological polar surface area (TPSA) is 152 Å². The number of anilines is 1. The molecule has 2 aromatic heterocycles. The van der Waals surface area contributed by atoms with Gasteiger partial charge in [0.1, 0.15) is 6.54 Å². The molecule has 12 nitrogen and oxygen atoms in total. The lowest BCUT2D eigenvalue weighted by Crippen LogP contribution is -2.44. The predicted octanol–water partition coefficient (Wildman–Crippen LogP) is -0.952. The van der Waals surface area contributed by atoms with Gasteiger partial charge in [0.15, 0.2) is 11.2 Å². The molecule has 3 heterocycles. The largest absolute Gasteiger partial charge is 0.490 e. The minimum atomic E-state index is -5.08. The molecule has 1 aliphatic heterocycles. The smallest absolute Gasteiger partial charge is 0.480 e. The number of carbonyl (C=O) groups is 2. The summed E-state index contributed by atoms with van der Waals surface area (Å²) in [6.07, 6.45) is -5.08. The van der Waals surface area contributed by atoms with Crippen LogP contribution >= 0.6 is 0 Å². The molecule has 0 radical (unpaired) electrons. The first-order valence-electron chi connectivity index (χ1n) is 9.47. The molecule has 0 aromatic carbocycles. The molecule has 0 amide bonds. The number of hydrogen-bond acceptors (Lipinski definition) is 7. The van der Waals surface area contributed by atoms with Crippen LogP contribution < -0.4 is 21.5 Å². The highest BCUT2D eigenvalue weighted by atomic mass is 19.4. The summed E-state index contributed by atoms with van der Waals surface area (Å²) in [7, 11) is 1.33. The minimum Gasteiger partial charge on any atom is -0.480 e. The van der Waals surface area contributed by atoms with Gasteiger partial charge in [0, 0.05) is 33.2 Å². The van der Waals surface area contributed by atoms with Crippen molar-refractivity contribution in [3.63, 3.8) is 0 Å². The summed E-state index contributed by atoms with van der Waals surface area (Å²) >= 11 is 0. The van der Waals surface area contributed by atoms with Gasteiger partial charge in [0.05, 0.1) is 6.54 Å². The van der Waals surface area contributed by atoms with E-state index in [1.54, 1.807) is 11.5 Å². The van der Waals surface area contributed by atoms with Crippen molar-refractivity contribution in [2.24, 2.45) is 7.05 Å². The lowest BCUT2D eigenvalue weighted by atomic mass is 10.4. The first-order valence-corrected chi connectivity index (χ1v) is 9.47. The van der Waals surface area contributed by atoms with Crippen LogP contribution in [0.25, 0.3) is 11.2 Å². The molecule has 0 aliphatic carbocycles. The van der Waals surface area contributed by atoms with Crippen molar-refractivity contribution in [2.45, 2.75) is 26.2 Å². The molecule has 1 saturated heterocycles. The number of piperazine rings is 1. The zero-order chi connectivity index (χ0) is 24.9. The summed E-state index contributed by atoms with van der Waals surface area (Å²) in [6.45, 7) is 4.26. The van der Waals surface area contributed by atoms with Crippen LogP contribution in [-0.2, 0) is 29.7 Å². The Morgan fingerprint density at radius 3 is 2.21 bits per heavy atom. The third-order valence-electron chi connectivity index (χ3n) is 4.56. The van der Waals surface area contributed by atoms with Gasteiger partial charge in [-0.25, -0.2) is 9.59 Å². The number of fused-ring (bicyclic) bond motifs is 1. The number of nitrogens with zero attached hydrogens (tertiary/aromatic N) is 5. The van der Waals surface area contributed by atoms with Crippen molar-refractivity contribution in [1.29, 1.82) is 0 Å². The molecular weight excluding hydrogens is 453 g/mol. The van der Waals surface area contributed by atoms with Crippen molar-refractivity contribution >= 4 is 29.1 Å². The molecule has 0 bridgehead atoms. The number of rotatable bonds is 4. The fourth-order valence-electron chi connectivity index (χ4n) is 3.04. The summed E-state index contributed by atoms with van der Waals surface area (Å²) in [5.74, 6) is 2.30. The Bertz CT molecular complexity index is 1230. The van der Waals surface area contributed by atoms with Gasteiger partial charge in [-0.05, 0) is 6.92 Å². The average Bonchev–Trinajstić information content (AvgIpc) is 3.13. The molecule has 1 fully saturated rings. The summed E-state index contributed by atoms with van der Waals surface area (Å²) < 4.78 is 35.3. The highest BCUT2D eigenvalue weighted by Gasteiger charge is 2.38. The number of halogens is 3. The van der Waals surface area contributed by atoms with Gasteiger partial charge in [-0.2, -0.15) is 18.2 Å². The number of imidazole rings is 1. The standard InChI is InChI=1S/C16H20N6O4.C2HF3O2/c1-3-4-7-21-12-13(18-15(21)20-8-5-17-6-9-20)22(10-11(23)24)16(26)19(2)14(12)25;3-2(4,5)1(6)7/h17H,5-10H2,1-2H3,(H,23,24);(H,6,7). The van der Waals surface area contributed by atoms with Gasteiger partial charge in [-0.3, -0.25) is 23.3 Å². The van der Waals surface area contributed by atoms with Crippen LogP contribution in [0.5, 0.6) is 0 Å². The maximum Gasteiger partial charge on any atom is 0.490 e. The highest BCUT2D eigenvalue weighted by Crippen LogP contribution is 2.20. The van der Waals surface area contributed by atoms with Crippen LogP contribution in [0.4, 0.5) is 19.1 Å². The molecule has 0 atom stereocenters. The quantitative estimate of drug-likeness (QED) is 0.476. The second-order valence-electron chi connectivity index (χ2n) is 6.76. The van der Waals surface area contributed by atoms with Crippen molar-refractivity contribution in [1.82, 2.24) is 24.0 Å². The normalized spacial score (nSPS) is 13.7. The van der Waals surface area contributed by atoms with Crippen LogP contribution in [0.15, 0.2) is 9.59 Å². The number of alkyl halides is 3. The minimum absolute atomic E-state index is 0.0759. The van der Waals surface area contributed by atoms with Crippen molar-refractivity contribution in [3.8, 4) is 11.8 Å². The van der Waals surface area contributed by atoms with E-state index < -0.39 is 35.9 Å². The SMILES string of the molecule is CC#CCn1c(N2CCNCC2)nc2c1c(=O)n(C)c(=O)n2CC(=O)O.O=C(O)C(F)(F)F. The van der Waals surface area contributed by atoms with Crippen LogP contribution in [-0.4, -0.2) is 73.2 Å². The van der Waals surface area contributed by atoms with E-state index in [0.29, 0.717) is 19.0 Å². The first kappa shape index (κ1) is 25.5. The Morgan fingerprint density at radius 2 is 1.73 bits per heavy atom. The van der Waals surface area contributed by atoms with Crippen LogP contribution in [0.2, 0.25) is 0 Å². The molecule has 2 aromatic rings. The van der Waals surface area contributed by atoms with E-state index in [1.165, 1.54) is 7.05 Å². The van der Waals surface area contributed by atoms with Gasteiger partial charge in [0.25, 0.3) is 5.56 Å². The predicted molar refractivity (Wildman–Crippen MR) is 109 cm³/mol. The third-order valence-corrected chi connectivity index (χ3v) is 4.56. The van der Waals surface area contributed by atoms with Crippen LogP contribution in [0, 0.1) is 11.8 Å². The van der Waals surface area contributed by atoms with Crippen LogP contribution in [0.3, 0.4) is 0 Å². The zero-order valence-corrected chi connectivity index (χ0v) is 17.6. The van der Waals surface area contributed by atoms with Gasteiger partial charge in [0.2, 0.25) is 5.95 Å². The van der Waals surface area contributed by atoms with E-state index >= 15 is 0 Å². The molecule has 180 valence electrons. The molecule has 3 rings (SSSR count). The number of carboxylic acids is 2. The zero-order valence-electron chi connectivity index (χ0n) is 17.6. The van der Waals surface area contributed by atoms with Gasteiger partial charge < -0.3 is 20.4 Å². The van der Waals surface area contributed by atoms with E-state index in [9.17, 15) is 27.6 Å². The maximum absolute atomic E-state index is 12.7. The van der Waals surface area contributed by atoms with E-state index in [1.807, 2.05) is 4.90 Å². The van der Waals surface area contributed by atoms with E-state index in [0.717, 1.165) is 22.2 Å². The molecule has 1 aliphatic rings. The molecule has 3 N–H and O–H groups in total. The third kappa shape index (κ3) is 5.71. The Kier molecular flexibility index (Phi) is 7.88. The number of aromatic nitrogens is 4. The fourth-order valence-corrected chi connectivity index (χ4v) is 3.04. The Balaban J connectivity index is 0.000000479. The second-order valence-corrected chi connectivity index (χ2v) is 6.76. The fraction of sp³-hybridized carbons (Fsp3) is 0.500. The lowest BCUT2D eigenvalue weighted by molar-refractivity contribution is -0.192. The number of aliphatic carboxylic acids is 2. The summed E-state index contributed by atoms with van der Waals surface area (Å²) in [4.78, 5) is 51.7. The Morgan fingerprint density at radius 1 is 1.15 bits per heavy atom. The van der Waals surface area contributed by atoms with E-state index in [4.69, 9.17) is 15.0 Å². The van der Waals surface area contributed by atoms with Gasteiger partial charge in [-0.15, -0.1) is 5.92 Å². The summed E-state index contributed by atoms with van der Waals surface area (Å²) in [5.41, 5.74) is -0.960. The first-order chi connectivity index (χ1) is 15.4. The number of carboxylic acid groups (broad SMARTS) is 2. The van der Waals surface area contributed by atoms with Crippen molar-refractivity contribution in [2.75, 3.05) is 31.1 Å². The highest BCUT2D eigenvalue weighted by molar-refractivity contribution is 5.77. The van der Waals surface area contributed by atoms with Crippen molar-refractivity contribution < 1.29 is 33.0 Å².